The fourth-order valence-corrected chi connectivity index (χ4v) is 5.96. The molecule has 2 aromatic rings. The zero-order chi connectivity index (χ0) is 20.9. The quantitative estimate of drug-likeness (QED) is 0.616. The number of benzene rings is 2. The predicted molar refractivity (Wildman–Crippen MR) is 123 cm³/mol. The van der Waals surface area contributed by atoms with Gasteiger partial charge in [-0.1, -0.05) is 24.3 Å². The first-order valence-electron chi connectivity index (χ1n) is 10.3. The Hall–Kier alpha value is -2.13. The number of fused-ring (bicyclic) bond motifs is 3. The standard InChI is InChI=1S/C23H24IN3O3/c1-27-20(28)23(26-21(27)25)19-13-18(29-16-5-3-2-4-6-16)8-7-15(19)14-22(23)11-9-17(30-24)10-12-22/h2-8,13,17H,9-12,14H2,1H3,(H2,25,26)/t17?,22?,23-/m1/s1. The van der Waals surface area contributed by atoms with Gasteiger partial charge in [0, 0.05) is 12.5 Å². The van der Waals surface area contributed by atoms with Gasteiger partial charge in [0.1, 0.15) is 34.5 Å². The number of hydrogen-bond donors (Lipinski definition) is 1. The lowest BCUT2D eigenvalue weighted by Gasteiger charge is -2.44. The minimum atomic E-state index is -0.979. The molecule has 0 aromatic heterocycles. The lowest BCUT2D eigenvalue weighted by atomic mass is 9.61. The van der Waals surface area contributed by atoms with E-state index in [4.69, 9.17) is 18.5 Å². The summed E-state index contributed by atoms with van der Waals surface area (Å²) in [5.41, 5.74) is 7.02. The van der Waals surface area contributed by atoms with Gasteiger partial charge in [-0.3, -0.25) is 9.69 Å². The lowest BCUT2D eigenvalue weighted by Crippen LogP contribution is -2.51. The highest BCUT2D eigenvalue weighted by molar-refractivity contribution is 14.1. The molecule has 30 heavy (non-hydrogen) atoms. The van der Waals surface area contributed by atoms with Crippen LogP contribution in [-0.2, 0) is 19.8 Å². The molecule has 5 rings (SSSR count). The zero-order valence-electron chi connectivity index (χ0n) is 16.8. The molecular weight excluding hydrogens is 493 g/mol. The molecule has 2 spiro atoms. The van der Waals surface area contributed by atoms with E-state index in [0.717, 1.165) is 49.0 Å². The first kappa shape index (κ1) is 19.8. The summed E-state index contributed by atoms with van der Waals surface area (Å²) in [5, 5.41) is 0. The summed E-state index contributed by atoms with van der Waals surface area (Å²) < 4.78 is 11.7. The third-order valence-corrected chi connectivity index (χ3v) is 7.72. The SMILES string of the molecule is CN1C(=O)[C@]2(N=C1N)c1cc(Oc3ccccc3)ccc1CC21CCC(OI)CC1. The number of carbonyl (C=O) groups is 1. The summed E-state index contributed by atoms with van der Waals surface area (Å²) in [4.78, 5) is 20.0. The Morgan fingerprint density at radius 3 is 2.50 bits per heavy atom. The second-order valence-electron chi connectivity index (χ2n) is 8.52. The predicted octanol–water partition coefficient (Wildman–Crippen LogP) is 4.31. The van der Waals surface area contributed by atoms with Crippen LogP contribution in [0.15, 0.2) is 53.5 Å². The normalized spacial score (nSPS) is 30.1. The number of nitrogens with two attached hydrogens (primary N) is 1. The summed E-state index contributed by atoms with van der Waals surface area (Å²) in [5.74, 6) is 1.71. The fraction of sp³-hybridized carbons (Fsp3) is 0.391. The van der Waals surface area contributed by atoms with Crippen LogP contribution in [0, 0.1) is 5.41 Å². The average molecular weight is 517 g/mol. The number of likely N-dealkylation sites (N-methyl/N-ethyl adjacent to an activating group) is 1. The molecule has 0 bridgehead atoms. The van der Waals surface area contributed by atoms with Gasteiger partial charge in [-0.25, -0.2) is 4.99 Å². The molecule has 1 amide bonds. The van der Waals surface area contributed by atoms with Crippen molar-refractivity contribution in [3.05, 3.63) is 59.7 Å². The van der Waals surface area contributed by atoms with Crippen molar-refractivity contribution < 1.29 is 12.6 Å². The van der Waals surface area contributed by atoms with Gasteiger partial charge in [-0.05, 0) is 67.5 Å². The van der Waals surface area contributed by atoms with Gasteiger partial charge in [0.2, 0.25) is 0 Å². The maximum atomic E-state index is 13.7. The Bertz CT molecular complexity index is 1020. The Morgan fingerprint density at radius 1 is 1.13 bits per heavy atom. The Morgan fingerprint density at radius 2 is 1.87 bits per heavy atom. The number of carbonyl (C=O) groups excluding carboxylic acids is 1. The van der Waals surface area contributed by atoms with Crippen molar-refractivity contribution >= 4 is 34.9 Å². The highest BCUT2D eigenvalue weighted by Crippen LogP contribution is 2.62. The van der Waals surface area contributed by atoms with Crippen molar-refractivity contribution in [3.63, 3.8) is 0 Å². The number of hydrogen-bond acceptors (Lipinski definition) is 5. The zero-order valence-corrected chi connectivity index (χ0v) is 19.0. The summed E-state index contributed by atoms with van der Waals surface area (Å²) in [6, 6.07) is 15.7. The van der Waals surface area contributed by atoms with Crippen LogP contribution in [0.3, 0.4) is 0 Å². The van der Waals surface area contributed by atoms with Crippen molar-refractivity contribution in [2.24, 2.45) is 16.1 Å². The van der Waals surface area contributed by atoms with Crippen molar-refractivity contribution in [1.82, 2.24) is 4.90 Å². The monoisotopic (exact) mass is 517 g/mol. The first-order chi connectivity index (χ1) is 14.5. The molecule has 1 saturated carbocycles. The van der Waals surface area contributed by atoms with Gasteiger partial charge in [0.05, 0.1) is 6.10 Å². The molecule has 0 saturated heterocycles. The number of ether oxygens (including phenoxy) is 1. The van der Waals surface area contributed by atoms with E-state index in [0.29, 0.717) is 5.75 Å². The molecule has 1 heterocycles. The van der Waals surface area contributed by atoms with Crippen LogP contribution < -0.4 is 10.5 Å². The average Bonchev–Trinajstić information content (AvgIpc) is 3.16. The summed E-state index contributed by atoms with van der Waals surface area (Å²) in [6.45, 7) is 0. The van der Waals surface area contributed by atoms with Crippen LogP contribution >= 0.6 is 23.0 Å². The van der Waals surface area contributed by atoms with E-state index < -0.39 is 5.54 Å². The molecule has 2 N–H and O–H groups in total. The number of para-hydroxylation sites is 1. The molecule has 1 aliphatic heterocycles. The van der Waals surface area contributed by atoms with Crippen LogP contribution in [0.2, 0.25) is 0 Å². The number of amides is 1. The maximum absolute atomic E-state index is 13.7. The van der Waals surface area contributed by atoms with Gasteiger partial charge in [0.25, 0.3) is 5.91 Å². The number of aliphatic imine (C=N–C) groups is 1. The van der Waals surface area contributed by atoms with Crippen molar-refractivity contribution in [2.45, 2.75) is 43.7 Å². The number of halogens is 1. The first-order valence-corrected chi connectivity index (χ1v) is 11.1. The van der Waals surface area contributed by atoms with Crippen LogP contribution in [0.4, 0.5) is 0 Å². The molecule has 1 atom stereocenters. The van der Waals surface area contributed by atoms with Gasteiger partial charge in [-0.2, -0.15) is 0 Å². The van der Waals surface area contributed by atoms with Crippen molar-refractivity contribution in [1.29, 1.82) is 0 Å². The Kier molecular flexibility index (Phi) is 4.77. The van der Waals surface area contributed by atoms with Crippen LogP contribution in [-0.4, -0.2) is 29.9 Å². The third kappa shape index (κ3) is 2.78. The summed E-state index contributed by atoms with van der Waals surface area (Å²) >= 11 is 1.98. The lowest BCUT2D eigenvalue weighted by molar-refractivity contribution is -0.136. The molecular formula is C23H24IN3O3. The minimum absolute atomic E-state index is 0.0375. The van der Waals surface area contributed by atoms with E-state index in [2.05, 4.69) is 6.07 Å². The molecule has 7 heteroatoms. The second-order valence-corrected chi connectivity index (χ2v) is 9.03. The number of rotatable bonds is 3. The Balaban J connectivity index is 1.60. The van der Waals surface area contributed by atoms with Gasteiger partial charge in [0.15, 0.2) is 11.5 Å². The molecule has 3 aliphatic rings. The van der Waals surface area contributed by atoms with Gasteiger partial charge < -0.3 is 13.5 Å². The minimum Gasteiger partial charge on any atom is -0.457 e. The molecule has 0 radical (unpaired) electrons. The molecule has 1 fully saturated rings. The van der Waals surface area contributed by atoms with E-state index in [1.807, 2.05) is 65.5 Å². The van der Waals surface area contributed by atoms with E-state index in [1.54, 1.807) is 7.05 Å². The molecule has 2 aromatic carbocycles. The van der Waals surface area contributed by atoms with Gasteiger partial charge >= 0.3 is 0 Å². The molecule has 6 nitrogen and oxygen atoms in total. The highest BCUT2D eigenvalue weighted by Gasteiger charge is 2.66. The van der Waals surface area contributed by atoms with Crippen LogP contribution in [0.25, 0.3) is 0 Å². The number of guanidine groups is 1. The molecule has 0 unspecified atom stereocenters. The topological polar surface area (TPSA) is 77.2 Å². The summed E-state index contributed by atoms with van der Waals surface area (Å²) in [6.07, 6.45) is 4.63. The maximum Gasteiger partial charge on any atom is 0.262 e. The van der Waals surface area contributed by atoms with Crippen LogP contribution in [0.1, 0.15) is 36.8 Å². The van der Waals surface area contributed by atoms with E-state index >= 15 is 0 Å². The largest absolute Gasteiger partial charge is 0.457 e. The van der Waals surface area contributed by atoms with Crippen LogP contribution in [0.5, 0.6) is 11.5 Å². The van der Waals surface area contributed by atoms with Crippen molar-refractivity contribution in [2.75, 3.05) is 7.05 Å². The summed E-state index contributed by atoms with van der Waals surface area (Å²) in [7, 11) is 1.71. The van der Waals surface area contributed by atoms with E-state index in [1.165, 1.54) is 4.90 Å². The second kappa shape index (κ2) is 7.23. The van der Waals surface area contributed by atoms with E-state index in [9.17, 15) is 4.79 Å². The molecule has 2 aliphatic carbocycles. The van der Waals surface area contributed by atoms with E-state index in [-0.39, 0.29) is 23.4 Å². The Labute approximate surface area is 190 Å². The number of nitrogens with zero attached hydrogens (tertiary/aromatic N) is 2. The highest BCUT2D eigenvalue weighted by atomic mass is 127. The van der Waals surface area contributed by atoms with Crippen molar-refractivity contribution in [3.8, 4) is 11.5 Å². The fourth-order valence-electron chi connectivity index (χ4n) is 5.45. The van der Waals surface area contributed by atoms with Gasteiger partial charge in [-0.15, -0.1) is 0 Å². The molecule has 156 valence electrons. The third-order valence-electron chi connectivity index (χ3n) is 7.00. The smallest absolute Gasteiger partial charge is 0.262 e.